The van der Waals surface area contributed by atoms with Crippen LogP contribution in [-0.2, 0) is 10.2 Å². The average molecular weight is 210 g/mol. The Labute approximate surface area is 79.9 Å². The molecule has 0 rings (SSSR count). The maximum atomic E-state index is 11.4. The molecular weight excluding hydrogens is 192 g/mol. The fraction of sp³-hybridized carbons (Fsp3) is 1.00. The molecule has 0 saturated heterocycles. The van der Waals surface area contributed by atoms with E-state index in [0.29, 0.717) is 0 Å². The molecule has 0 aromatic rings. The first-order chi connectivity index (χ1) is 5.77. The standard InChI is InChI=1S/C7H18N2O3S/c1-6(2)9(4)13(11,12)8-5-7(3)10/h6-8,10H,5H2,1-4H3/t7-/m0/s1. The molecule has 0 bridgehead atoms. The highest BCUT2D eigenvalue weighted by Crippen LogP contribution is 2.00. The van der Waals surface area contributed by atoms with E-state index in [1.54, 1.807) is 13.8 Å². The van der Waals surface area contributed by atoms with Crippen molar-refractivity contribution in [3.05, 3.63) is 0 Å². The summed E-state index contributed by atoms with van der Waals surface area (Å²) in [6.45, 7) is 5.13. The molecule has 0 unspecified atom stereocenters. The Balaban J connectivity index is 4.24. The van der Waals surface area contributed by atoms with E-state index < -0.39 is 16.3 Å². The highest BCUT2D eigenvalue weighted by molar-refractivity contribution is 7.87. The molecule has 0 spiro atoms. The summed E-state index contributed by atoms with van der Waals surface area (Å²) in [5, 5.41) is 8.89. The number of aliphatic hydroxyl groups excluding tert-OH is 1. The van der Waals surface area contributed by atoms with Crippen molar-refractivity contribution < 1.29 is 13.5 Å². The Morgan fingerprint density at radius 2 is 1.85 bits per heavy atom. The zero-order valence-electron chi connectivity index (χ0n) is 8.48. The van der Waals surface area contributed by atoms with Crippen molar-refractivity contribution in [1.29, 1.82) is 0 Å². The lowest BCUT2D eigenvalue weighted by Crippen LogP contribution is -2.43. The van der Waals surface area contributed by atoms with Gasteiger partial charge in [0.1, 0.15) is 0 Å². The quantitative estimate of drug-likeness (QED) is 0.645. The van der Waals surface area contributed by atoms with Crippen LogP contribution in [0.3, 0.4) is 0 Å². The summed E-state index contributed by atoms with van der Waals surface area (Å²) in [5.41, 5.74) is 0. The molecule has 0 amide bonds. The summed E-state index contributed by atoms with van der Waals surface area (Å²) in [7, 11) is -1.94. The summed E-state index contributed by atoms with van der Waals surface area (Å²) in [6.07, 6.45) is -0.671. The second-order valence-corrected chi connectivity index (χ2v) is 5.13. The molecule has 0 aliphatic carbocycles. The molecule has 13 heavy (non-hydrogen) atoms. The zero-order chi connectivity index (χ0) is 10.6. The topological polar surface area (TPSA) is 69.6 Å². The third kappa shape index (κ3) is 4.56. The monoisotopic (exact) mass is 210 g/mol. The van der Waals surface area contributed by atoms with Gasteiger partial charge in [0.25, 0.3) is 10.2 Å². The summed E-state index contributed by atoms with van der Waals surface area (Å²) >= 11 is 0. The first kappa shape index (κ1) is 12.8. The largest absolute Gasteiger partial charge is 0.392 e. The van der Waals surface area contributed by atoms with Gasteiger partial charge >= 0.3 is 0 Å². The van der Waals surface area contributed by atoms with Gasteiger partial charge in [0, 0.05) is 19.6 Å². The SMILES string of the molecule is CC(C)N(C)S(=O)(=O)NC[C@H](C)O. The van der Waals surface area contributed by atoms with Crippen molar-refractivity contribution in [2.24, 2.45) is 0 Å². The third-order valence-corrected chi connectivity index (χ3v) is 3.38. The molecule has 80 valence electrons. The van der Waals surface area contributed by atoms with E-state index in [-0.39, 0.29) is 12.6 Å². The van der Waals surface area contributed by atoms with Gasteiger partial charge in [-0.3, -0.25) is 0 Å². The summed E-state index contributed by atoms with van der Waals surface area (Å²) in [5.74, 6) is 0. The molecule has 0 saturated carbocycles. The van der Waals surface area contributed by atoms with Gasteiger partial charge in [-0.1, -0.05) is 0 Å². The van der Waals surface area contributed by atoms with Crippen LogP contribution in [0.2, 0.25) is 0 Å². The fourth-order valence-corrected chi connectivity index (χ4v) is 1.82. The van der Waals surface area contributed by atoms with Gasteiger partial charge in [0.15, 0.2) is 0 Å². The fourth-order valence-electron chi connectivity index (χ4n) is 0.605. The van der Waals surface area contributed by atoms with Crippen LogP contribution in [0.4, 0.5) is 0 Å². The highest BCUT2D eigenvalue weighted by Gasteiger charge is 2.19. The molecule has 6 heteroatoms. The molecule has 0 aliphatic heterocycles. The molecule has 0 radical (unpaired) electrons. The van der Waals surface area contributed by atoms with Gasteiger partial charge in [-0.15, -0.1) is 0 Å². The second kappa shape index (κ2) is 4.90. The van der Waals surface area contributed by atoms with Crippen molar-refractivity contribution in [2.75, 3.05) is 13.6 Å². The number of rotatable bonds is 5. The predicted octanol–water partition coefficient (Wildman–Crippen LogP) is -0.458. The number of hydrogen-bond acceptors (Lipinski definition) is 3. The van der Waals surface area contributed by atoms with Crippen LogP contribution in [0.5, 0.6) is 0 Å². The van der Waals surface area contributed by atoms with E-state index in [9.17, 15) is 8.42 Å². The zero-order valence-corrected chi connectivity index (χ0v) is 9.30. The van der Waals surface area contributed by atoms with Crippen molar-refractivity contribution in [2.45, 2.75) is 32.9 Å². The van der Waals surface area contributed by atoms with E-state index in [4.69, 9.17) is 5.11 Å². The Morgan fingerprint density at radius 1 is 1.38 bits per heavy atom. The van der Waals surface area contributed by atoms with E-state index in [1.807, 2.05) is 0 Å². The van der Waals surface area contributed by atoms with Gasteiger partial charge < -0.3 is 5.11 Å². The first-order valence-corrected chi connectivity index (χ1v) is 5.62. The van der Waals surface area contributed by atoms with Gasteiger partial charge in [-0.2, -0.15) is 17.4 Å². The van der Waals surface area contributed by atoms with E-state index in [2.05, 4.69) is 4.72 Å². The van der Waals surface area contributed by atoms with Crippen molar-refractivity contribution in [3.8, 4) is 0 Å². The number of hydrogen-bond donors (Lipinski definition) is 2. The van der Waals surface area contributed by atoms with E-state index in [0.717, 1.165) is 0 Å². The summed E-state index contributed by atoms with van der Waals surface area (Å²) < 4.78 is 26.3. The maximum Gasteiger partial charge on any atom is 0.279 e. The van der Waals surface area contributed by atoms with Crippen LogP contribution < -0.4 is 4.72 Å². The molecule has 0 heterocycles. The third-order valence-electron chi connectivity index (χ3n) is 1.67. The van der Waals surface area contributed by atoms with Gasteiger partial charge in [-0.25, -0.2) is 0 Å². The Kier molecular flexibility index (Phi) is 4.83. The summed E-state index contributed by atoms with van der Waals surface area (Å²) in [6, 6.07) is -0.0912. The van der Waals surface area contributed by atoms with E-state index >= 15 is 0 Å². The van der Waals surface area contributed by atoms with Crippen LogP contribution in [0, 0.1) is 0 Å². The predicted molar refractivity (Wildman–Crippen MR) is 51.5 cm³/mol. The van der Waals surface area contributed by atoms with Gasteiger partial charge in [0.2, 0.25) is 0 Å². The Bertz CT molecular complexity index is 236. The Morgan fingerprint density at radius 3 is 2.15 bits per heavy atom. The van der Waals surface area contributed by atoms with Crippen LogP contribution in [0.25, 0.3) is 0 Å². The Hall–Kier alpha value is -0.170. The van der Waals surface area contributed by atoms with Crippen molar-refractivity contribution in [3.63, 3.8) is 0 Å². The lowest BCUT2D eigenvalue weighted by atomic mass is 10.4. The number of nitrogens with one attached hydrogen (secondary N) is 1. The molecule has 0 fully saturated rings. The average Bonchev–Trinajstić information content (AvgIpc) is 1.99. The molecular formula is C7H18N2O3S. The van der Waals surface area contributed by atoms with E-state index in [1.165, 1.54) is 18.3 Å². The minimum absolute atomic E-state index is 0.0411. The van der Waals surface area contributed by atoms with Crippen LogP contribution in [0.1, 0.15) is 20.8 Å². The summed E-state index contributed by atoms with van der Waals surface area (Å²) in [4.78, 5) is 0. The van der Waals surface area contributed by atoms with Crippen LogP contribution in [-0.4, -0.2) is 43.6 Å². The lowest BCUT2D eigenvalue weighted by Gasteiger charge is -2.21. The lowest BCUT2D eigenvalue weighted by molar-refractivity contribution is 0.197. The van der Waals surface area contributed by atoms with Gasteiger partial charge in [-0.05, 0) is 20.8 Å². The maximum absolute atomic E-state index is 11.4. The number of aliphatic hydroxyl groups is 1. The minimum atomic E-state index is -3.43. The molecule has 0 aliphatic rings. The molecule has 5 nitrogen and oxygen atoms in total. The number of nitrogens with zero attached hydrogens (tertiary/aromatic N) is 1. The van der Waals surface area contributed by atoms with Crippen molar-refractivity contribution in [1.82, 2.24) is 9.03 Å². The molecule has 1 atom stereocenters. The van der Waals surface area contributed by atoms with Crippen molar-refractivity contribution >= 4 is 10.2 Å². The van der Waals surface area contributed by atoms with Gasteiger partial charge in [0.05, 0.1) is 6.10 Å². The highest BCUT2D eigenvalue weighted by atomic mass is 32.2. The smallest absolute Gasteiger partial charge is 0.279 e. The normalized spacial score (nSPS) is 15.3. The first-order valence-electron chi connectivity index (χ1n) is 4.18. The minimum Gasteiger partial charge on any atom is -0.392 e. The second-order valence-electron chi connectivity index (χ2n) is 3.31. The molecule has 0 aromatic heterocycles. The van der Waals surface area contributed by atoms with Crippen LogP contribution in [0.15, 0.2) is 0 Å². The van der Waals surface area contributed by atoms with Crippen LogP contribution >= 0.6 is 0 Å². The molecule has 0 aromatic carbocycles. The molecule has 2 N–H and O–H groups in total.